The Kier molecular flexibility index (Phi) is 2.58. The number of halogens is 2. The Balaban J connectivity index is 1.87. The highest BCUT2D eigenvalue weighted by Crippen LogP contribution is 2.56. The molecule has 4 fully saturated rings. The van der Waals surface area contributed by atoms with Gasteiger partial charge in [-0.05, 0) is 38.0 Å². The third kappa shape index (κ3) is 1.79. The van der Waals surface area contributed by atoms with Crippen LogP contribution in [0.25, 0.3) is 0 Å². The molecule has 0 aromatic heterocycles. The van der Waals surface area contributed by atoms with E-state index in [0.29, 0.717) is 6.42 Å². The van der Waals surface area contributed by atoms with Crippen LogP contribution in [-0.2, 0) is 19.1 Å². The second-order valence-corrected chi connectivity index (χ2v) is 7.27. The maximum absolute atomic E-state index is 12.4. The molecule has 0 spiro atoms. The lowest BCUT2D eigenvalue weighted by Gasteiger charge is -2.54. The zero-order chi connectivity index (χ0) is 13.1. The highest BCUT2D eigenvalue weighted by atomic mass is 32.2. The van der Waals surface area contributed by atoms with Crippen molar-refractivity contribution in [2.75, 3.05) is 0 Å². The average molecular weight is 280 g/mol. The van der Waals surface area contributed by atoms with Crippen molar-refractivity contribution in [3.8, 4) is 0 Å². The van der Waals surface area contributed by atoms with Crippen molar-refractivity contribution in [3.05, 3.63) is 0 Å². The van der Waals surface area contributed by atoms with E-state index in [1.807, 2.05) is 0 Å². The molecule has 7 heteroatoms. The van der Waals surface area contributed by atoms with Gasteiger partial charge in [0.1, 0.15) is 5.78 Å². The van der Waals surface area contributed by atoms with E-state index in [1.165, 1.54) is 0 Å². The van der Waals surface area contributed by atoms with Gasteiger partial charge in [0.2, 0.25) is 0 Å². The minimum atomic E-state index is -4.82. The average Bonchev–Trinajstić information content (AvgIpc) is 2.23. The molecular formula is C11H14F2O4S. The molecule has 0 amide bonds. The smallest absolute Gasteiger partial charge is 0.299 e. The van der Waals surface area contributed by atoms with E-state index >= 15 is 0 Å². The molecule has 2 atom stereocenters. The van der Waals surface area contributed by atoms with Crippen LogP contribution < -0.4 is 0 Å². The first kappa shape index (κ1) is 12.5. The molecule has 0 N–H and O–H groups in total. The lowest BCUT2D eigenvalue weighted by atomic mass is 9.54. The summed E-state index contributed by atoms with van der Waals surface area (Å²) >= 11 is 0. The molecule has 0 saturated heterocycles. The predicted molar refractivity (Wildman–Crippen MR) is 57.3 cm³/mol. The van der Waals surface area contributed by atoms with Gasteiger partial charge in [-0.1, -0.05) is 0 Å². The van der Waals surface area contributed by atoms with E-state index < -0.39 is 21.5 Å². The molecule has 0 heterocycles. The van der Waals surface area contributed by atoms with E-state index in [2.05, 4.69) is 0 Å². The molecule has 4 aliphatic rings. The van der Waals surface area contributed by atoms with Crippen molar-refractivity contribution in [1.29, 1.82) is 0 Å². The summed E-state index contributed by atoms with van der Waals surface area (Å²) in [6.45, 7) is 0. The fraction of sp³-hybridized carbons (Fsp3) is 0.909. The largest absolute Gasteiger partial charge is 0.361 e. The number of Topliss-reactive ketones (excluding diaryl/α,β-unsaturated/α-hetero) is 1. The fourth-order valence-electron chi connectivity index (χ4n) is 4.06. The molecule has 4 rings (SSSR count). The van der Waals surface area contributed by atoms with Gasteiger partial charge in [0.05, 0.1) is 5.60 Å². The SMILES string of the molecule is O=C1C2CC3CC1CC(OS(=O)(=O)C(F)F)(C3)C2. The highest BCUT2D eigenvalue weighted by molar-refractivity contribution is 7.87. The maximum Gasteiger partial charge on any atom is 0.361 e. The number of ketones is 1. The normalized spacial score (nSPS) is 42.8. The summed E-state index contributed by atoms with van der Waals surface area (Å²) in [5.74, 6) is -3.48. The van der Waals surface area contributed by atoms with Gasteiger partial charge in [0.15, 0.2) is 0 Å². The van der Waals surface area contributed by atoms with Crippen LogP contribution in [0.4, 0.5) is 8.78 Å². The molecule has 0 aliphatic heterocycles. The maximum atomic E-state index is 12.4. The van der Waals surface area contributed by atoms with Gasteiger partial charge < -0.3 is 0 Å². The molecule has 4 bridgehead atoms. The van der Waals surface area contributed by atoms with Crippen LogP contribution >= 0.6 is 0 Å². The molecule has 0 aromatic carbocycles. The number of hydrogen-bond acceptors (Lipinski definition) is 4. The van der Waals surface area contributed by atoms with Crippen LogP contribution in [0.15, 0.2) is 0 Å². The predicted octanol–water partition coefficient (Wildman–Crippen LogP) is 1.70. The minimum Gasteiger partial charge on any atom is -0.299 e. The third-order valence-electron chi connectivity index (χ3n) is 4.45. The van der Waals surface area contributed by atoms with Gasteiger partial charge >= 0.3 is 15.9 Å². The van der Waals surface area contributed by atoms with E-state index in [-0.39, 0.29) is 36.4 Å². The first-order valence-electron chi connectivity index (χ1n) is 6.08. The van der Waals surface area contributed by atoms with E-state index in [0.717, 1.165) is 12.8 Å². The molecule has 102 valence electrons. The van der Waals surface area contributed by atoms with Gasteiger partial charge in [-0.15, -0.1) is 0 Å². The lowest BCUT2D eigenvalue weighted by Crippen LogP contribution is -2.57. The van der Waals surface area contributed by atoms with E-state index in [9.17, 15) is 22.0 Å². The summed E-state index contributed by atoms with van der Waals surface area (Å²) < 4.78 is 52.1. The number of hydrogen-bond donors (Lipinski definition) is 0. The van der Waals surface area contributed by atoms with Gasteiger partial charge in [-0.3, -0.25) is 8.98 Å². The van der Waals surface area contributed by atoms with Crippen LogP contribution in [0.1, 0.15) is 32.1 Å². The van der Waals surface area contributed by atoms with E-state index in [1.54, 1.807) is 0 Å². The molecular weight excluding hydrogens is 266 g/mol. The molecule has 4 aliphatic carbocycles. The number of alkyl halides is 2. The Morgan fingerprint density at radius 3 is 2.22 bits per heavy atom. The Morgan fingerprint density at radius 1 is 1.17 bits per heavy atom. The zero-order valence-electron chi connectivity index (χ0n) is 9.64. The molecule has 0 radical (unpaired) electrons. The monoisotopic (exact) mass is 280 g/mol. The fourth-order valence-corrected chi connectivity index (χ4v) is 4.83. The lowest BCUT2D eigenvalue weighted by molar-refractivity contribution is -0.156. The van der Waals surface area contributed by atoms with Crippen molar-refractivity contribution >= 4 is 15.9 Å². The summed E-state index contributed by atoms with van der Waals surface area (Å²) in [4.78, 5) is 11.9. The summed E-state index contributed by atoms with van der Waals surface area (Å²) in [6.07, 6.45) is 2.57. The quantitative estimate of drug-likeness (QED) is 0.738. The van der Waals surface area contributed by atoms with Crippen LogP contribution in [0.3, 0.4) is 0 Å². The Morgan fingerprint density at radius 2 is 1.72 bits per heavy atom. The second kappa shape index (κ2) is 3.72. The molecule has 18 heavy (non-hydrogen) atoms. The summed E-state index contributed by atoms with van der Waals surface area (Å²) in [5, 5.41) is 0. The van der Waals surface area contributed by atoms with Gasteiger partial charge in [0, 0.05) is 11.8 Å². The highest BCUT2D eigenvalue weighted by Gasteiger charge is 2.58. The topological polar surface area (TPSA) is 60.4 Å². The van der Waals surface area contributed by atoms with Crippen molar-refractivity contribution in [1.82, 2.24) is 0 Å². The summed E-state index contributed by atoms with van der Waals surface area (Å²) in [5.41, 5.74) is -1.04. The van der Waals surface area contributed by atoms with E-state index in [4.69, 9.17) is 4.18 Å². The third-order valence-corrected chi connectivity index (χ3v) is 5.47. The van der Waals surface area contributed by atoms with Crippen LogP contribution in [0.5, 0.6) is 0 Å². The molecule has 2 unspecified atom stereocenters. The molecule has 4 saturated carbocycles. The van der Waals surface area contributed by atoms with Crippen LogP contribution in [0.2, 0.25) is 0 Å². The number of carbonyl (C=O) groups is 1. The number of rotatable bonds is 3. The van der Waals surface area contributed by atoms with Crippen LogP contribution in [-0.4, -0.2) is 25.6 Å². The van der Waals surface area contributed by atoms with Crippen LogP contribution in [0, 0.1) is 17.8 Å². The molecule has 4 nitrogen and oxygen atoms in total. The summed E-state index contributed by atoms with van der Waals surface area (Å²) in [6, 6.07) is 0. The first-order chi connectivity index (χ1) is 8.31. The second-order valence-electron chi connectivity index (χ2n) is 5.77. The van der Waals surface area contributed by atoms with Gasteiger partial charge in [-0.2, -0.15) is 17.2 Å². The Bertz CT molecular complexity index is 469. The Hall–Kier alpha value is -0.560. The zero-order valence-corrected chi connectivity index (χ0v) is 10.5. The minimum absolute atomic E-state index is 0.166. The van der Waals surface area contributed by atoms with Crippen molar-refractivity contribution in [2.45, 2.75) is 43.5 Å². The summed E-state index contributed by atoms with van der Waals surface area (Å²) in [7, 11) is -4.82. The standard InChI is InChI=1S/C11H14F2O4S/c12-10(13)18(15,16)17-11-3-6-1-7(4-11)9(14)8(2-6)5-11/h6-8,10H,1-5H2. The Labute approximate surface area is 104 Å². The molecule has 0 aromatic rings. The number of carbonyl (C=O) groups excluding carboxylic acids is 1. The first-order valence-corrected chi connectivity index (χ1v) is 7.55. The van der Waals surface area contributed by atoms with Gasteiger partial charge in [-0.25, -0.2) is 0 Å². The van der Waals surface area contributed by atoms with Gasteiger partial charge in [0.25, 0.3) is 0 Å². The van der Waals surface area contributed by atoms with Crippen molar-refractivity contribution in [3.63, 3.8) is 0 Å². The van der Waals surface area contributed by atoms with Crippen molar-refractivity contribution in [2.24, 2.45) is 17.8 Å². The van der Waals surface area contributed by atoms with Crippen molar-refractivity contribution < 1.29 is 26.2 Å².